The molecule has 9 heteroatoms. The highest BCUT2D eigenvalue weighted by Gasteiger charge is 2.24. The Labute approximate surface area is 170 Å². The van der Waals surface area contributed by atoms with E-state index in [9.17, 15) is 9.59 Å². The molecule has 0 aliphatic rings. The lowest BCUT2D eigenvalue weighted by Gasteiger charge is -2.16. The summed E-state index contributed by atoms with van der Waals surface area (Å²) in [4.78, 5) is 24.8. The summed E-state index contributed by atoms with van der Waals surface area (Å²) in [5.41, 5.74) is 1.29. The Balaban J connectivity index is 1.57. The first-order valence-electron chi connectivity index (χ1n) is 9.18. The summed E-state index contributed by atoms with van der Waals surface area (Å²) in [5.74, 6) is 0.0439. The average Bonchev–Trinajstić information content (AvgIpc) is 3.30. The molecule has 0 aliphatic carbocycles. The molecule has 0 aliphatic heterocycles. The van der Waals surface area contributed by atoms with Crippen LogP contribution in [0.2, 0.25) is 0 Å². The first kappa shape index (κ1) is 19.3. The third-order valence-corrected chi connectivity index (χ3v) is 4.64. The summed E-state index contributed by atoms with van der Waals surface area (Å²) < 4.78 is 17.3. The molecule has 0 fully saturated rings. The zero-order valence-electron chi connectivity index (χ0n) is 16.1. The molecule has 152 valence electrons. The number of aromatic nitrogens is 4. The van der Waals surface area contributed by atoms with Crippen molar-refractivity contribution < 1.29 is 18.7 Å². The van der Waals surface area contributed by atoms with Gasteiger partial charge < -0.3 is 13.9 Å². The molecule has 0 radical (unpaired) electrons. The highest BCUT2D eigenvalue weighted by atomic mass is 16.5. The molecule has 4 aromatic rings. The van der Waals surface area contributed by atoms with Crippen LogP contribution in [0, 0.1) is 0 Å². The van der Waals surface area contributed by atoms with Gasteiger partial charge in [0.15, 0.2) is 6.04 Å². The average molecular weight is 406 g/mol. The van der Waals surface area contributed by atoms with Crippen molar-refractivity contribution in [1.82, 2.24) is 20.2 Å². The van der Waals surface area contributed by atoms with Gasteiger partial charge in [0.1, 0.15) is 24.3 Å². The SMILES string of the molecule is COc1ccc2c(COC(=O)[C@H](Cc3ccccc3)n3cnnn3)cc(=O)oc2c1. The van der Waals surface area contributed by atoms with E-state index >= 15 is 0 Å². The zero-order chi connectivity index (χ0) is 20.9. The van der Waals surface area contributed by atoms with E-state index in [1.165, 1.54) is 24.2 Å². The van der Waals surface area contributed by atoms with Crippen molar-refractivity contribution in [2.75, 3.05) is 7.11 Å². The molecule has 0 N–H and O–H groups in total. The number of fused-ring (bicyclic) bond motifs is 1. The molecular weight excluding hydrogens is 388 g/mol. The molecule has 9 nitrogen and oxygen atoms in total. The maximum Gasteiger partial charge on any atom is 0.336 e. The third-order valence-electron chi connectivity index (χ3n) is 4.64. The second-order valence-electron chi connectivity index (χ2n) is 6.56. The van der Waals surface area contributed by atoms with Crippen molar-refractivity contribution >= 4 is 16.9 Å². The van der Waals surface area contributed by atoms with Gasteiger partial charge >= 0.3 is 11.6 Å². The van der Waals surface area contributed by atoms with E-state index in [0.29, 0.717) is 28.7 Å². The van der Waals surface area contributed by atoms with Crippen LogP contribution in [0.15, 0.2) is 70.1 Å². The lowest BCUT2D eigenvalue weighted by molar-refractivity contribution is -0.149. The van der Waals surface area contributed by atoms with Crippen molar-refractivity contribution in [3.8, 4) is 5.75 Å². The summed E-state index contributed by atoms with van der Waals surface area (Å²) in [6.07, 6.45) is 1.73. The van der Waals surface area contributed by atoms with E-state index in [0.717, 1.165) is 5.56 Å². The molecule has 2 aromatic carbocycles. The van der Waals surface area contributed by atoms with E-state index < -0.39 is 17.6 Å². The maximum atomic E-state index is 12.9. The van der Waals surface area contributed by atoms with Gasteiger partial charge in [-0.15, -0.1) is 5.10 Å². The van der Waals surface area contributed by atoms with Gasteiger partial charge in [-0.05, 0) is 28.1 Å². The number of rotatable bonds is 7. The van der Waals surface area contributed by atoms with Gasteiger partial charge in [0.25, 0.3) is 0 Å². The summed E-state index contributed by atoms with van der Waals surface area (Å²) in [6.45, 7) is -0.0966. The van der Waals surface area contributed by atoms with E-state index in [1.807, 2.05) is 30.3 Å². The van der Waals surface area contributed by atoms with E-state index in [-0.39, 0.29) is 6.61 Å². The molecule has 4 rings (SSSR count). The number of nitrogens with zero attached hydrogens (tertiary/aromatic N) is 4. The van der Waals surface area contributed by atoms with Gasteiger partial charge in [-0.2, -0.15) is 0 Å². The topological polar surface area (TPSA) is 109 Å². The number of tetrazole rings is 1. The molecule has 30 heavy (non-hydrogen) atoms. The maximum absolute atomic E-state index is 12.9. The number of ether oxygens (including phenoxy) is 2. The van der Waals surface area contributed by atoms with Crippen LogP contribution in [-0.4, -0.2) is 33.3 Å². The molecule has 0 bridgehead atoms. The fraction of sp³-hybridized carbons (Fsp3) is 0.190. The fourth-order valence-electron chi connectivity index (χ4n) is 3.14. The van der Waals surface area contributed by atoms with Crippen molar-refractivity contribution in [2.24, 2.45) is 0 Å². The fourth-order valence-corrected chi connectivity index (χ4v) is 3.14. The Kier molecular flexibility index (Phi) is 5.51. The van der Waals surface area contributed by atoms with Crippen molar-refractivity contribution in [3.05, 3.63) is 82.5 Å². The first-order valence-corrected chi connectivity index (χ1v) is 9.18. The zero-order valence-corrected chi connectivity index (χ0v) is 16.1. The van der Waals surface area contributed by atoms with Gasteiger partial charge in [-0.1, -0.05) is 30.3 Å². The molecule has 2 aromatic heterocycles. The summed E-state index contributed by atoms with van der Waals surface area (Å²) in [5, 5.41) is 11.7. The quantitative estimate of drug-likeness (QED) is 0.340. The van der Waals surface area contributed by atoms with Crippen molar-refractivity contribution in [2.45, 2.75) is 19.1 Å². The van der Waals surface area contributed by atoms with E-state index in [2.05, 4.69) is 15.5 Å². The number of methoxy groups -OCH3 is 1. The number of carbonyl (C=O) groups excluding carboxylic acids is 1. The van der Waals surface area contributed by atoms with Gasteiger partial charge in [0, 0.05) is 29.5 Å². The molecule has 1 atom stereocenters. The Morgan fingerprint density at radius 1 is 1.17 bits per heavy atom. The van der Waals surface area contributed by atoms with Gasteiger partial charge in [-0.25, -0.2) is 14.3 Å². The van der Waals surface area contributed by atoms with Crippen LogP contribution in [0.5, 0.6) is 5.75 Å². The molecule has 0 saturated carbocycles. The van der Waals surface area contributed by atoms with Gasteiger partial charge in [0.05, 0.1) is 7.11 Å². The minimum atomic E-state index is -0.742. The lowest BCUT2D eigenvalue weighted by atomic mass is 10.1. The van der Waals surface area contributed by atoms with E-state index in [4.69, 9.17) is 13.9 Å². The largest absolute Gasteiger partial charge is 0.497 e. The first-order chi connectivity index (χ1) is 14.6. The molecule has 0 spiro atoms. The number of hydrogen-bond acceptors (Lipinski definition) is 8. The second kappa shape index (κ2) is 8.56. The van der Waals surface area contributed by atoms with Crippen LogP contribution in [-0.2, 0) is 22.6 Å². The van der Waals surface area contributed by atoms with Crippen LogP contribution in [0.4, 0.5) is 0 Å². The van der Waals surface area contributed by atoms with E-state index in [1.54, 1.807) is 18.2 Å². The Morgan fingerprint density at radius 3 is 2.73 bits per heavy atom. The lowest BCUT2D eigenvalue weighted by Crippen LogP contribution is -2.25. The molecular formula is C21H18N4O5. The highest BCUT2D eigenvalue weighted by Crippen LogP contribution is 2.24. The predicted octanol–water partition coefficient (Wildman–Crippen LogP) is 2.32. The Hall–Kier alpha value is -4.01. The van der Waals surface area contributed by atoms with Crippen LogP contribution in [0.1, 0.15) is 17.2 Å². The van der Waals surface area contributed by atoms with Crippen LogP contribution < -0.4 is 10.4 Å². The highest BCUT2D eigenvalue weighted by molar-refractivity contribution is 5.82. The van der Waals surface area contributed by atoms with Crippen LogP contribution >= 0.6 is 0 Å². The van der Waals surface area contributed by atoms with Gasteiger partial charge in [0.2, 0.25) is 0 Å². The molecule has 2 heterocycles. The predicted molar refractivity (Wildman–Crippen MR) is 106 cm³/mol. The second-order valence-corrected chi connectivity index (χ2v) is 6.56. The minimum absolute atomic E-state index is 0.0966. The van der Waals surface area contributed by atoms with Crippen molar-refractivity contribution in [3.63, 3.8) is 0 Å². The summed E-state index contributed by atoms with van der Waals surface area (Å²) in [6, 6.07) is 15.2. The smallest absolute Gasteiger partial charge is 0.336 e. The summed E-state index contributed by atoms with van der Waals surface area (Å²) >= 11 is 0. The minimum Gasteiger partial charge on any atom is -0.497 e. The standard InChI is InChI=1S/C21H18N4O5/c1-28-16-7-8-17-15(10-20(26)30-19(17)11-16)12-29-21(27)18(25-13-22-23-24-25)9-14-5-3-2-4-6-14/h2-8,10-11,13,18H,9,12H2,1H3/t18-/m0/s1. The van der Waals surface area contributed by atoms with Crippen LogP contribution in [0.25, 0.3) is 11.0 Å². The number of esters is 1. The normalized spacial score (nSPS) is 11.9. The number of benzene rings is 2. The summed E-state index contributed by atoms with van der Waals surface area (Å²) in [7, 11) is 1.52. The monoisotopic (exact) mass is 406 g/mol. The third kappa shape index (κ3) is 4.19. The Bertz CT molecular complexity index is 1210. The molecule has 0 unspecified atom stereocenters. The molecule has 0 amide bonds. The Morgan fingerprint density at radius 2 is 2.00 bits per heavy atom. The van der Waals surface area contributed by atoms with Gasteiger partial charge in [-0.3, -0.25) is 0 Å². The molecule has 0 saturated heterocycles. The van der Waals surface area contributed by atoms with Crippen molar-refractivity contribution in [1.29, 1.82) is 0 Å². The number of carbonyl (C=O) groups is 1. The number of hydrogen-bond donors (Lipinski definition) is 0. The van der Waals surface area contributed by atoms with Crippen LogP contribution in [0.3, 0.4) is 0 Å².